The average Bonchev–Trinajstić information content (AvgIpc) is 3.74. The van der Waals surface area contributed by atoms with Crippen molar-refractivity contribution in [3.05, 3.63) is 68.7 Å². The molecular weight excluding hydrogens is 744 g/mol. The fourth-order valence-corrected chi connectivity index (χ4v) is 9.26. The number of imide groups is 1. The first-order valence-electron chi connectivity index (χ1n) is 20.3. The number of amides is 3. The fraction of sp³-hybridized carbons (Fsp3) is 0.500. The highest BCUT2D eigenvalue weighted by Crippen LogP contribution is 2.37. The Labute approximate surface area is 337 Å². The van der Waals surface area contributed by atoms with Gasteiger partial charge in [-0.15, -0.1) is 0 Å². The summed E-state index contributed by atoms with van der Waals surface area (Å²) in [5.41, 5.74) is 4.86. The van der Waals surface area contributed by atoms with Gasteiger partial charge in [-0.3, -0.25) is 34.1 Å². The van der Waals surface area contributed by atoms with Gasteiger partial charge in [0.2, 0.25) is 11.9 Å². The molecule has 15 heteroatoms. The number of benzene rings is 1. The number of hydrogen-bond acceptors (Lipinski definition) is 11. The number of piperidine rings is 1. The highest BCUT2D eigenvalue weighted by Gasteiger charge is 2.29. The first-order chi connectivity index (χ1) is 27.5. The second-order valence-corrected chi connectivity index (χ2v) is 16.4. The lowest BCUT2D eigenvalue weighted by atomic mass is 9.92. The molecular formula is C42H51ClN10O4. The third-order valence-corrected chi connectivity index (χ3v) is 12.9. The van der Waals surface area contributed by atoms with Gasteiger partial charge in [0.25, 0.3) is 5.56 Å². The van der Waals surface area contributed by atoms with Crippen molar-refractivity contribution in [3.8, 4) is 0 Å². The molecule has 0 radical (unpaired) electrons. The minimum Gasteiger partial charge on any atom is -0.371 e. The number of aryl methyl sites for hydroxylation is 2. The topological polar surface area (TPSA) is 149 Å². The van der Waals surface area contributed by atoms with E-state index in [0.717, 1.165) is 107 Å². The average molecular weight is 795 g/mol. The van der Waals surface area contributed by atoms with Crippen molar-refractivity contribution in [1.82, 2.24) is 29.7 Å². The lowest BCUT2D eigenvalue weighted by Gasteiger charge is -2.38. The molecule has 4 aromatic rings. The minimum absolute atomic E-state index is 0.0202. The molecule has 14 nitrogen and oxygen atoms in total. The Kier molecular flexibility index (Phi) is 11.2. The van der Waals surface area contributed by atoms with Gasteiger partial charge in [-0.2, -0.15) is 4.98 Å². The number of ketones is 1. The van der Waals surface area contributed by atoms with Crippen molar-refractivity contribution >= 4 is 69.2 Å². The molecule has 3 aromatic heterocycles. The Balaban J connectivity index is 0.827. The minimum atomic E-state index is -0.420. The summed E-state index contributed by atoms with van der Waals surface area (Å²) in [7, 11) is 0. The molecule has 1 saturated carbocycles. The van der Waals surface area contributed by atoms with Crippen LogP contribution in [0.4, 0.5) is 33.6 Å². The van der Waals surface area contributed by atoms with Crippen molar-refractivity contribution in [2.75, 3.05) is 72.4 Å². The maximum absolute atomic E-state index is 13.6. The first-order valence-corrected chi connectivity index (χ1v) is 20.7. The summed E-state index contributed by atoms with van der Waals surface area (Å²) in [6, 6.07) is 7.71. The van der Waals surface area contributed by atoms with Gasteiger partial charge >= 0.3 is 6.03 Å². The van der Waals surface area contributed by atoms with Gasteiger partial charge < -0.3 is 15.1 Å². The van der Waals surface area contributed by atoms with Crippen LogP contribution in [0.3, 0.4) is 0 Å². The molecule has 0 spiro atoms. The van der Waals surface area contributed by atoms with Crippen LogP contribution in [0, 0.1) is 19.8 Å². The lowest BCUT2D eigenvalue weighted by Crippen LogP contribution is -2.49. The van der Waals surface area contributed by atoms with Crippen LogP contribution >= 0.6 is 11.6 Å². The molecule has 0 atom stereocenters. The number of nitrogens with one attached hydrogen (secondary N) is 2. The van der Waals surface area contributed by atoms with E-state index in [4.69, 9.17) is 16.6 Å². The van der Waals surface area contributed by atoms with E-state index in [1.54, 1.807) is 22.6 Å². The summed E-state index contributed by atoms with van der Waals surface area (Å²) >= 11 is 6.65. The van der Waals surface area contributed by atoms with Gasteiger partial charge in [-0.25, -0.2) is 14.8 Å². The van der Waals surface area contributed by atoms with Crippen molar-refractivity contribution in [3.63, 3.8) is 0 Å². The number of hydrogen-bond donors (Lipinski definition) is 2. The number of anilines is 5. The number of carbonyl (C=O) groups is 3. The molecule has 1 aliphatic carbocycles. The predicted molar refractivity (Wildman–Crippen MR) is 223 cm³/mol. The van der Waals surface area contributed by atoms with E-state index < -0.39 is 6.03 Å². The van der Waals surface area contributed by atoms with Gasteiger partial charge in [0.05, 0.1) is 28.2 Å². The quantitative estimate of drug-likeness (QED) is 0.172. The van der Waals surface area contributed by atoms with Gasteiger partial charge in [0.15, 0.2) is 5.78 Å². The summed E-state index contributed by atoms with van der Waals surface area (Å²) in [4.78, 5) is 73.2. The van der Waals surface area contributed by atoms with Crippen molar-refractivity contribution in [2.45, 2.75) is 78.2 Å². The third kappa shape index (κ3) is 8.07. The molecule has 2 N–H and O–H groups in total. The first kappa shape index (κ1) is 38.8. The number of halogens is 1. The Morgan fingerprint density at radius 3 is 2.32 bits per heavy atom. The molecule has 4 aliphatic rings. The number of nitrogens with zero attached hydrogens (tertiary/aromatic N) is 8. The number of aromatic nitrogens is 4. The number of pyridine rings is 2. The molecule has 8 rings (SSSR count). The Morgan fingerprint density at radius 1 is 0.895 bits per heavy atom. The summed E-state index contributed by atoms with van der Waals surface area (Å²) in [5.74, 6) is 1.15. The molecule has 0 unspecified atom stereocenters. The second kappa shape index (κ2) is 16.4. The smallest absolute Gasteiger partial charge is 0.328 e. The van der Waals surface area contributed by atoms with Crippen molar-refractivity contribution < 1.29 is 14.4 Å². The van der Waals surface area contributed by atoms with Crippen LogP contribution in [-0.2, 0) is 4.79 Å². The zero-order chi connectivity index (χ0) is 39.8. The normalized spacial score (nSPS) is 18.8. The van der Waals surface area contributed by atoms with Crippen molar-refractivity contribution in [2.24, 2.45) is 5.92 Å². The van der Waals surface area contributed by atoms with Gasteiger partial charge in [0.1, 0.15) is 11.5 Å². The summed E-state index contributed by atoms with van der Waals surface area (Å²) in [6.07, 6.45) is 11.1. The molecule has 3 amide bonds. The molecule has 300 valence electrons. The van der Waals surface area contributed by atoms with E-state index in [1.807, 2.05) is 25.3 Å². The van der Waals surface area contributed by atoms with Crippen LogP contribution in [0.2, 0.25) is 5.02 Å². The third-order valence-electron chi connectivity index (χ3n) is 12.4. The molecule has 1 aromatic carbocycles. The van der Waals surface area contributed by atoms with Crippen LogP contribution < -0.4 is 30.9 Å². The van der Waals surface area contributed by atoms with Gasteiger partial charge in [-0.05, 0) is 101 Å². The lowest BCUT2D eigenvalue weighted by molar-refractivity contribution is -0.120. The monoisotopic (exact) mass is 794 g/mol. The van der Waals surface area contributed by atoms with Crippen LogP contribution in [0.5, 0.6) is 0 Å². The Bertz CT molecular complexity index is 2240. The van der Waals surface area contributed by atoms with E-state index in [1.165, 1.54) is 13.3 Å². The highest BCUT2D eigenvalue weighted by atomic mass is 35.5. The maximum atomic E-state index is 13.6. The number of rotatable bonds is 10. The van der Waals surface area contributed by atoms with E-state index in [2.05, 4.69) is 47.4 Å². The predicted octanol–water partition coefficient (Wildman–Crippen LogP) is 6.39. The molecule has 6 heterocycles. The molecule has 3 saturated heterocycles. The van der Waals surface area contributed by atoms with Gasteiger partial charge in [0, 0.05) is 75.5 Å². The number of carbonyl (C=O) groups excluding carboxylic acids is 3. The molecule has 57 heavy (non-hydrogen) atoms. The van der Waals surface area contributed by atoms with Crippen LogP contribution in [0.1, 0.15) is 85.8 Å². The zero-order valence-electron chi connectivity index (χ0n) is 33.0. The number of fused-ring (bicyclic) bond motifs is 1. The Hall–Kier alpha value is -5.08. The number of piperazine rings is 1. The van der Waals surface area contributed by atoms with Crippen molar-refractivity contribution in [1.29, 1.82) is 0 Å². The van der Waals surface area contributed by atoms with E-state index >= 15 is 0 Å². The number of Topliss-reactive ketones (excluding diaryl/α,β-unsaturated/α-hetero) is 1. The summed E-state index contributed by atoms with van der Waals surface area (Å²) in [6.45, 7) is 12.4. The standard InChI is InChI=1S/C42H51ClN10O4/c1-26-22-32(23-34(38(26)43)52-17-13-36(55)47-42(52)57)50-15-11-29(12-16-50)10-14-49-18-20-51(21-19-49)31-8-9-35(44-24-31)46-41-45-25-33-27(2)37(28(3)54)40(56)53(39(33)48-41)30-6-4-5-7-30/h8-9,22-25,29-30H,4-7,10-21H2,1-3H3,(H,47,55,57)(H,44,45,46,48). The largest absolute Gasteiger partial charge is 0.371 e. The maximum Gasteiger partial charge on any atom is 0.328 e. The molecule has 4 fully saturated rings. The SMILES string of the molecule is CC(=O)c1c(C)c2cnc(Nc3ccc(N4CCN(CCC5CCN(c6cc(C)c(Cl)c(N7CCC(=O)NC7=O)c6)CC5)CC4)cn3)nc2n(C2CCCC2)c1=O. The summed E-state index contributed by atoms with van der Waals surface area (Å²) in [5, 5.41) is 6.90. The van der Waals surface area contributed by atoms with Crippen LogP contribution in [0.15, 0.2) is 41.5 Å². The van der Waals surface area contributed by atoms with Crippen LogP contribution in [-0.4, -0.2) is 94.5 Å². The second-order valence-electron chi connectivity index (χ2n) is 16.0. The van der Waals surface area contributed by atoms with E-state index in [9.17, 15) is 19.2 Å². The molecule has 3 aliphatic heterocycles. The highest BCUT2D eigenvalue weighted by molar-refractivity contribution is 6.35. The van der Waals surface area contributed by atoms with Gasteiger partial charge in [-0.1, -0.05) is 24.4 Å². The molecule has 0 bridgehead atoms. The summed E-state index contributed by atoms with van der Waals surface area (Å²) < 4.78 is 1.73. The Morgan fingerprint density at radius 2 is 1.63 bits per heavy atom. The number of urea groups is 1. The van der Waals surface area contributed by atoms with E-state index in [-0.39, 0.29) is 35.3 Å². The fourth-order valence-electron chi connectivity index (χ4n) is 9.05. The zero-order valence-corrected chi connectivity index (χ0v) is 33.8. The van der Waals surface area contributed by atoms with Crippen LogP contribution in [0.25, 0.3) is 11.0 Å². The van der Waals surface area contributed by atoms with E-state index in [0.29, 0.717) is 46.1 Å².